The highest BCUT2D eigenvalue weighted by Gasteiger charge is 2.55. The Morgan fingerprint density at radius 1 is 1.09 bits per heavy atom. The lowest BCUT2D eigenvalue weighted by Gasteiger charge is -2.38. The summed E-state index contributed by atoms with van der Waals surface area (Å²) in [5.74, 6) is 0. The van der Waals surface area contributed by atoms with Gasteiger partial charge in [0.15, 0.2) is 6.17 Å². The number of anilines is 2. The van der Waals surface area contributed by atoms with Crippen LogP contribution in [0.4, 0.5) is 21.0 Å². The average Bonchev–Trinajstić information content (AvgIpc) is 3.03. The van der Waals surface area contributed by atoms with Crippen molar-refractivity contribution in [1.29, 1.82) is 0 Å². The predicted octanol–water partition coefficient (Wildman–Crippen LogP) is 5.85. The van der Waals surface area contributed by atoms with Gasteiger partial charge in [-0.05, 0) is 70.2 Å². The molecule has 0 bridgehead atoms. The molecule has 0 spiro atoms. The second kappa shape index (κ2) is 9.67. The van der Waals surface area contributed by atoms with Crippen LogP contribution in [0.15, 0.2) is 72.3 Å². The number of carbonyl (C=O) groups is 2. The molecular weight excluding hydrogens is 416 g/mol. The number of nitrogens with zero attached hydrogens (tertiary/aromatic N) is 3. The SMILES string of the molecule is CC1(C)[C@@H](N(O)C(=O)Nc2ccccc2)N(c2ccccc2)C(=O)N1CCC1=CCCCC1. The molecule has 4 rings (SSSR count). The minimum Gasteiger partial charge on any atom is -0.315 e. The van der Waals surface area contributed by atoms with E-state index < -0.39 is 17.7 Å². The van der Waals surface area contributed by atoms with E-state index in [1.807, 2.05) is 50.2 Å². The highest BCUT2D eigenvalue weighted by Crippen LogP contribution is 2.38. The number of benzene rings is 2. The van der Waals surface area contributed by atoms with Crippen LogP contribution >= 0.6 is 0 Å². The van der Waals surface area contributed by atoms with E-state index in [1.54, 1.807) is 29.2 Å². The lowest BCUT2D eigenvalue weighted by Crippen LogP contribution is -2.58. The molecule has 0 unspecified atom stereocenters. The third-order valence-corrected chi connectivity index (χ3v) is 6.55. The molecule has 174 valence electrons. The smallest absolute Gasteiger partial charge is 0.315 e. The minimum absolute atomic E-state index is 0.223. The maximum Gasteiger partial charge on any atom is 0.347 e. The van der Waals surface area contributed by atoms with Crippen molar-refractivity contribution >= 4 is 23.4 Å². The summed E-state index contributed by atoms with van der Waals surface area (Å²) in [6, 6.07) is 17.2. The van der Waals surface area contributed by atoms with E-state index in [0.29, 0.717) is 23.0 Å². The molecule has 7 heteroatoms. The number of urea groups is 2. The van der Waals surface area contributed by atoms with Gasteiger partial charge in [-0.1, -0.05) is 48.0 Å². The lowest BCUT2D eigenvalue weighted by atomic mass is 9.95. The quantitative estimate of drug-likeness (QED) is 0.331. The highest BCUT2D eigenvalue weighted by molar-refractivity contribution is 5.98. The first-order valence-corrected chi connectivity index (χ1v) is 11.6. The monoisotopic (exact) mass is 448 g/mol. The Morgan fingerprint density at radius 2 is 1.76 bits per heavy atom. The van der Waals surface area contributed by atoms with Gasteiger partial charge < -0.3 is 10.2 Å². The van der Waals surface area contributed by atoms with Crippen molar-refractivity contribution in [2.75, 3.05) is 16.8 Å². The van der Waals surface area contributed by atoms with Crippen LogP contribution in [0.1, 0.15) is 46.0 Å². The van der Waals surface area contributed by atoms with Crippen molar-refractivity contribution in [3.05, 3.63) is 72.3 Å². The largest absolute Gasteiger partial charge is 0.347 e. The minimum atomic E-state index is -0.906. The molecule has 33 heavy (non-hydrogen) atoms. The summed E-state index contributed by atoms with van der Waals surface area (Å²) in [5.41, 5.74) is 1.75. The normalized spacial score (nSPS) is 19.9. The van der Waals surface area contributed by atoms with Crippen LogP contribution in [0, 0.1) is 0 Å². The summed E-state index contributed by atoms with van der Waals surface area (Å²) in [5, 5.41) is 14.5. The van der Waals surface area contributed by atoms with Crippen molar-refractivity contribution in [2.24, 2.45) is 0 Å². The molecule has 4 amide bonds. The summed E-state index contributed by atoms with van der Waals surface area (Å²) in [6.45, 7) is 4.32. The van der Waals surface area contributed by atoms with Crippen molar-refractivity contribution in [1.82, 2.24) is 9.96 Å². The second-order valence-corrected chi connectivity index (χ2v) is 9.17. The molecule has 2 N–H and O–H groups in total. The highest BCUT2D eigenvalue weighted by atomic mass is 16.5. The van der Waals surface area contributed by atoms with Crippen molar-refractivity contribution in [2.45, 2.75) is 57.7 Å². The number of allylic oxidation sites excluding steroid dienone is 1. The van der Waals surface area contributed by atoms with Gasteiger partial charge in [-0.2, -0.15) is 5.06 Å². The third kappa shape index (κ3) is 4.73. The Morgan fingerprint density at radius 3 is 2.39 bits per heavy atom. The van der Waals surface area contributed by atoms with Crippen molar-refractivity contribution in [3.63, 3.8) is 0 Å². The maximum atomic E-state index is 13.7. The van der Waals surface area contributed by atoms with Gasteiger partial charge in [0.1, 0.15) is 0 Å². The van der Waals surface area contributed by atoms with Crippen LogP contribution in [0.3, 0.4) is 0 Å². The topological polar surface area (TPSA) is 76.1 Å². The van der Waals surface area contributed by atoms with Crippen LogP contribution < -0.4 is 10.2 Å². The third-order valence-electron chi connectivity index (χ3n) is 6.55. The van der Waals surface area contributed by atoms with E-state index in [2.05, 4.69) is 11.4 Å². The lowest BCUT2D eigenvalue weighted by molar-refractivity contribution is -0.0947. The molecule has 0 aromatic heterocycles. The summed E-state index contributed by atoms with van der Waals surface area (Å²) in [6.07, 6.45) is 6.75. The molecule has 2 aromatic carbocycles. The first kappa shape index (κ1) is 22.9. The molecular formula is C26H32N4O3. The number of para-hydroxylation sites is 2. The van der Waals surface area contributed by atoms with E-state index in [9.17, 15) is 14.8 Å². The number of nitrogens with one attached hydrogen (secondary N) is 1. The fourth-order valence-electron chi connectivity index (χ4n) is 4.77. The Bertz CT molecular complexity index is 1010. The van der Waals surface area contributed by atoms with Crippen LogP contribution in [0.5, 0.6) is 0 Å². The number of hydrogen-bond acceptors (Lipinski definition) is 3. The van der Waals surface area contributed by atoms with Crippen molar-refractivity contribution in [3.8, 4) is 0 Å². The molecule has 7 nitrogen and oxygen atoms in total. The summed E-state index contributed by atoms with van der Waals surface area (Å²) < 4.78 is 0. The second-order valence-electron chi connectivity index (χ2n) is 9.17. The molecule has 0 radical (unpaired) electrons. The Hall–Kier alpha value is -3.32. The van der Waals surface area contributed by atoms with Gasteiger partial charge in [0.05, 0.1) is 5.54 Å². The molecule has 1 atom stereocenters. The summed E-state index contributed by atoms with van der Waals surface area (Å²) in [4.78, 5) is 29.9. The Kier molecular flexibility index (Phi) is 6.70. The number of amides is 4. The number of rotatable bonds is 6. The first-order chi connectivity index (χ1) is 15.9. The zero-order chi connectivity index (χ0) is 23.4. The van der Waals surface area contributed by atoms with Gasteiger partial charge in [-0.15, -0.1) is 0 Å². The van der Waals surface area contributed by atoms with E-state index >= 15 is 0 Å². The Balaban J connectivity index is 1.62. The zero-order valence-corrected chi connectivity index (χ0v) is 19.3. The van der Waals surface area contributed by atoms with E-state index in [1.165, 1.54) is 23.3 Å². The van der Waals surface area contributed by atoms with Gasteiger partial charge in [0, 0.05) is 17.9 Å². The molecule has 2 aliphatic rings. The molecule has 1 aliphatic carbocycles. The molecule has 0 saturated carbocycles. The van der Waals surface area contributed by atoms with Crippen LogP contribution in [-0.4, -0.2) is 45.5 Å². The fraction of sp³-hybridized carbons (Fsp3) is 0.385. The van der Waals surface area contributed by atoms with Crippen molar-refractivity contribution < 1.29 is 14.8 Å². The van der Waals surface area contributed by atoms with E-state index in [-0.39, 0.29) is 6.03 Å². The molecule has 1 aliphatic heterocycles. The molecule has 2 aromatic rings. The number of carbonyl (C=O) groups excluding carboxylic acids is 2. The van der Waals surface area contributed by atoms with E-state index in [4.69, 9.17) is 0 Å². The number of hydroxylamine groups is 2. The van der Waals surface area contributed by atoms with Crippen LogP contribution in [0.25, 0.3) is 0 Å². The zero-order valence-electron chi connectivity index (χ0n) is 19.3. The van der Waals surface area contributed by atoms with Crippen LogP contribution in [-0.2, 0) is 0 Å². The molecule has 1 fully saturated rings. The maximum absolute atomic E-state index is 13.7. The fourth-order valence-corrected chi connectivity index (χ4v) is 4.77. The van der Waals surface area contributed by atoms with Gasteiger partial charge in [0.25, 0.3) is 0 Å². The van der Waals surface area contributed by atoms with Gasteiger partial charge in [0.2, 0.25) is 0 Å². The van der Waals surface area contributed by atoms with Crippen LogP contribution in [0.2, 0.25) is 0 Å². The number of hydrogen-bond donors (Lipinski definition) is 2. The first-order valence-electron chi connectivity index (χ1n) is 11.6. The Labute approximate surface area is 195 Å². The molecule has 1 saturated heterocycles. The van der Waals surface area contributed by atoms with Gasteiger partial charge >= 0.3 is 12.1 Å². The summed E-state index contributed by atoms with van der Waals surface area (Å²) in [7, 11) is 0. The molecule has 1 heterocycles. The average molecular weight is 449 g/mol. The summed E-state index contributed by atoms with van der Waals surface area (Å²) >= 11 is 0. The standard InChI is InChI=1S/C26H32N4O3/c1-26(2)23(30(33)24(31)27-21-14-8-4-9-15-21)29(22-16-10-5-11-17-22)25(32)28(26)19-18-20-12-6-3-7-13-20/h4-5,8-12,14-17,23,33H,3,6-7,13,18-19H2,1-2H3,(H,27,31)/t23-/m1/s1. The van der Waals surface area contributed by atoms with Gasteiger partial charge in [-0.3, -0.25) is 10.1 Å². The van der Waals surface area contributed by atoms with E-state index in [0.717, 1.165) is 19.3 Å². The predicted molar refractivity (Wildman–Crippen MR) is 129 cm³/mol. The van der Waals surface area contributed by atoms with Gasteiger partial charge in [-0.25, -0.2) is 9.59 Å².